The Labute approximate surface area is 360 Å². The molecule has 2 aromatic heterocycles. The lowest BCUT2D eigenvalue weighted by molar-refractivity contribution is 0.750. The second-order valence-corrected chi connectivity index (χ2v) is 14.7. The van der Waals surface area contributed by atoms with Gasteiger partial charge in [-0.3, -0.25) is 0 Å². The zero-order chi connectivity index (χ0) is 41.7. The molecule has 62 heavy (non-hydrogen) atoms. The van der Waals surface area contributed by atoms with Crippen molar-refractivity contribution in [3.63, 3.8) is 0 Å². The SMILES string of the molecule is C=C/C=C\c1cnn(-c2ccc(N(c3ccccc3)c3ccc(-c4ccc(-c5ccc(N(c6ccccc6)c6ccc(-n7nc8ccccc8n7)cc6)cc5)cc4)cc3)cc2)n1. The van der Waals surface area contributed by atoms with E-state index in [-0.39, 0.29) is 0 Å². The Morgan fingerprint density at radius 3 is 1.15 bits per heavy atom. The summed E-state index contributed by atoms with van der Waals surface area (Å²) in [6, 6.07) is 71.7. The minimum absolute atomic E-state index is 0.771. The highest BCUT2D eigenvalue weighted by molar-refractivity contribution is 5.81. The van der Waals surface area contributed by atoms with Gasteiger partial charge < -0.3 is 9.80 Å². The Morgan fingerprint density at radius 1 is 0.371 bits per heavy atom. The topological polar surface area (TPSA) is 67.9 Å². The highest BCUT2D eigenvalue weighted by Gasteiger charge is 2.16. The normalized spacial score (nSPS) is 11.2. The fourth-order valence-corrected chi connectivity index (χ4v) is 7.60. The van der Waals surface area contributed by atoms with Gasteiger partial charge in [-0.15, -0.1) is 15.3 Å². The van der Waals surface area contributed by atoms with E-state index in [9.17, 15) is 0 Å². The van der Waals surface area contributed by atoms with Gasteiger partial charge in [0.05, 0.1) is 17.6 Å². The molecule has 0 N–H and O–H groups in total. The molecule has 0 saturated carbocycles. The molecule has 0 unspecified atom stereocenters. The van der Waals surface area contributed by atoms with Crippen molar-refractivity contribution in [1.82, 2.24) is 30.0 Å². The Balaban J connectivity index is 0.870. The van der Waals surface area contributed by atoms with Crippen LogP contribution in [0.15, 0.2) is 231 Å². The van der Waals surface area contributed by atoms with Crippen LogP contribution in [0.5, 0.6) is 0 Å². The van der Waals surface area contributed by atoms with Crippen molar-refractivity contribution in [2.24, 2.45) is 0 Å². The van der Waals surface area contributed by atoms with Crippen LogP contribution in [-0.2, 0) is 0 Å². The first-order valence-corrected chi connectivity index (χ1v) is 20.4. The third-order valence-electron chi connectivity index (χ3n) is 10.7. The van der Waals surface area contributed by atoms with Gasteiger partial charge >= 0.3 is 0 Å². The molecule has 0 amide bonds. The molecule has 0 aliphatic carbocycles. The lowest BCUT2D eigenvalue weighted by Gasteiger charge is -2.26. The van der Waals surface area contributed by atoms with E-state index >= 15 is 0 Å². The molecule has 0 radical (unpaired) electrons. The molecule has 8 nitrogen and oxygen atoms in total. The Bertz CT molecular complexity index is 3070. The molecule has 296 valence electrons. The summed E-state index contributed by atoms with van der Waals surface area (Å²) >= 11 is 0. The molecule has 10 rings (SSSR count). The van der Waals surface area contributed by atoms with E-state index < -0.39 is 0 Å². The second-order valence-electron chi connectivity index (χ2n) is 14.7. The number of rotatable bonds is 12. The van der Waals surface area contributed by atoms with Gasteiger partial charge in [0.1, 0.15) is 16.7 Å². The van der Waals surface area contributed by atoms with Gasteiger partial charge in [0.15, 0.2) is 0 Å². The van der Waals surface area contributed by atoms with Crippen molar-refractivity contribution in [1.29, 1.82) is 0 Å². The van der Waals surface area contributed by atoms with Gasteiger partial charge in [-0.2, -0.15) is 14.7 Å². The van der Waals surface area contributed by atoms with Crippen molar-refractivity contribution in [3.05, 3.63) is 237 Å². The maximum atomic E-state index is 4.66. The van der Waals surface area contributed by atoms with Crippen molar-refractivity contribution in [2.75, 3.05) is 9.80 Å². The van der Waals surface area contributed by atoms with Crippen molar-refractivity contribution < 1.29 is 0 Å². The number of hydrogen-bond acceptors (Lipinski definition) is 6. The van der Waals surface area contributed by atoms with Crippen LogP contribution in [0.25, 0.3) is 50.7 Å². The third kappa shape index (κ3) is 7.79. The van der Waals surface area contributed by atoms with Crippen LogP contribution in [0.3, 0.4) is 0 Å². The zero-order valence-electron chi connectivity index (χ0n) is 33.7. The lowest BCUT2D eigenvalue weighted by Crippen LogP contribution is -2.10. The molecule has 0 saturated heterocycles. The largest absolute Gasteiger partial charge is 0.311 e. The van der Waals surface area contributed by atoms with Gasteiger partial charge in [-0.1, -0.05) is 116 Å². The highest BCUT2D eigenvalue weighted by atomic mass is 15.5. The quantitative estimate of drug-likeness (QED) is 0.115. The number of hydrogen-bond donors (Lipinski definition) is 0. The molecule has 0 bridgehead atoms. The summed E-state index contributed by atoms with van der Waals surface area (Å²) in [4.78, 5) is 7.85. The first-order chi connectivity index (χ1) is 30.7. The van der Waals surface area contributed by atoms with Gasteiger partial charge in [-0.05, 0) is 138 Å². The summed E-state index contributed by atoms with van der Waals surface area (Å²) in [5.74, 6) is 0. The minimum Gasteiger partial charge on any atom is -0.311 e. The number of aromatic nitrogens is 6. The van der Waals surface area contributed by atoms with Crippen LogP contribution >= 0.6 is 0 Å². The molecule has 0 aliphatic rings. The van der Waals surface area contributed by atoms with Crippen LogP contribution < -0.4 is 9.80 Å². The fraction of sp³-hybridized carbons (Fsp3) is 0. The smallest absolute Gasteiger partial charge is 0.113 e. The minimum atomic E-state index is 0.771. The molecular weight excluding hydrogens is 761 g/mol. The number of para-hydroxylation sites is 2. The summed E-state index contributed by atoms with van der Waals surface area (Å²) in [6.45, 7) is 3.73. The van der Waals surface area contributed by atoms with Gasteiger partial charge in [0, 0.05) is 34.1 Å². The van der Waals surface area contributed by atoms with E-state index in [0.29, 0.717) is 0 Å². The van der Waals surface area contributed by atoms with E-state index in [0.717, 1.165) is 84.5 Å². The average molecular weight is 801 g/mol. The number of nitrogens with zero attached hydrogens (tertiary/aromatic N) is 8. The molecule has 10 aromatic rings. The molecule has 2 heterocycles. The second kappa shape index (κ2) is 16.9. The van der Waals surface area contributed by atoms with Crippen LogP contribution in [-0.4, -0.2) is 30.0 Å². The highest BCUT2D eigenvalue weighted by Crippen LogP contribution is 2.38. The molecule has 8 heteroatoms. The molecular formula is C54H40N8. The van der Waals surface area contributed by atoms with E-state index in [1.165, 1.54) is 0 Å². The Hall–Kier alpha value is -8.62. The van der Waals surface area contributed by atoms with Gasteiger partial charge in [0.2, 0.25) is 0 Å². The standard InChI is InChI=1S/C54H40N8/c1-2-3-12-44-39-55-61(56-44)51-35-31-49(32-36-51)59(45-13-6-4-7-14-45)47-27-23-42(24-28-47)40-19-21-41(22-20-40)43-25-29-48(30-26-43)60(46-15-8-5-9-16-46)50-33-37-52(38-34-50)62-57-53-17-10-11-18-54(53)58-62/h2-39H,1H2/b12-3-. The average Bonchev–Trinajstić information content (AvgIpc) is 4.01. The number of anilines is 6. The number of benzene rings is 8. The summed E-state index contributed by atoms with van der Waals surface area (Å²) in [7, 11) is 0. The predicted octanol–water partition coefficient (Wildman–Crippen LogP) is 13.5. The Morgan fingerprint density at radius 2 is 0.726 bits per heavy atom. The molecule has 0 spiro atoms. The van der Waals surface area contributed by atoms with Crippen LogP contribution in [0, 0.1) is 0 Å². The maximum Gasteiger partial charge on any atom is 0.113 e. The van der Waals surface area contributed by atoms with E-state index in [4.69, 9.17) is 0 Å². The summed E-state index contributed by atoms with van der Waals surface area (Å²) in [6.07, 6.45) is 7.19. The van der Waals surface area contributed by atoms with Crippen LogP contribution in [0.4, 0.5) is 34.1 Å². The molecule has 0 aliphatic heterocycles. The van der Waals surface area contributed by atoms with Crippen LogP contribution in [0.1, 0.15) is 5.69 Å². The monoisotopic (exact) mass is 800 g/mol. The number of allylic oxidation sites excluding steroid dienone is 2. The molecule has 0 fully saturated rings. The lowest BCUT2D eigenvalue weighted by atomic mass is 9.99. The predicted molar refractivity (Wildman–Crippen MR) is 253 cm³/mol. The Kier molecular flexibility index (Phi) is 10.3. The fourth-order valence-electron chi connectivity index (χ4n) is 7.60. The number of fused-ring (bicyclic) bond motifs is 1. The first kappa shape index (κ1) is 37.6. The summed E-state index contributed by atoms with van der Waals surface area (Å²) in [5, 5.41) is 18.3. The summed E-state index contributed by atoms with van der Waals surface area (Å²) in [5.41, 5.74) is 15.2. The zero-order valence-corrected chi connectivity index (χ0v) is 33.7. The van der Waals surface area contributed by atoms with E-state index in [1.54, 1.807) is 21.9 Å². The van der Waals surface area contributed by atoms with Gasteiger partial charge in [0.25, 0.3) is 0 Å². The van der Waals surface area contributed by atoms with Crippen molar-refractivity contribution >= 4 is 51.2 Å². The van der Waals surface area contributed by atoms with Crippen molar-refractivity contribution in [2.45, 2.75) is 0 Å². The van der Waals surface area contributed by atoms with Crippen molar-refractivity contribution in [3.8, 4) is 33.6 Å². The summed E-state index contributed by atoms with van der Waals surface area (Å²) < 4.78 is 0. The third-order valence-corrected chi connectivity index (χ3v) is 10.7. The first-order valence-electron chi connectivity index (χ1n) is 20.4. The maximum absolute atomic E-state index is 4.66. The molecule has 8 aromatic carbocycles. The van der Waals surface area contributed by atoms with E-state index in [1.807, 2.05) is 60.7 Å². The molecule has 0 atom stereocenters. The van der Waals surface area contributed by atoms with Crippen LogP contribution in [0.2, 0.25) is 0 Å². The van der Waals surface area contributed by atoms with E-state index in [2.05, 4.69) is 194 Å². The van der Waals surface area contributed by atoms with Gasteiger partial charge in [-0.25, -0.2) is 0 Å².